The lowest BCUT2D eigenvalue weighted by Crippen LogP contribution is -2.46. The fraction of sp³-hybridized carbons (Fsp3) is 0.774. The van der Waals surface area contributed by atoms with Gasteiger partial charge in [0, 0.05) is 6.42 Å². The number of rotatable bonds is 44. The number of esters is 1. The van der Waals surface area contributed by atoms with Gasteiger partial charge in [0.2, 0.25) is 5.91 Å². The van der Waals surface area contributed by atoms with Crippen molar-refractivity contribution >= 4 is 11.9 Å². The number of ether oxygens (including phenoxy) is 1. The minimum atomic E-state index is -0.818. The van der Waals surface area contributed by atoms with Crippen molar-refractivity contribution in [3.8, 4) is 0 Å². The molecule has 1 amide bonds. The van der Waals surface area contributed by atoms with Crippen LogP contribution in [0.3, 0.4) is 0 Å². The Kier molecular flexibility index (Phi) is 44.7. The molecule has 3 N–H and O–H groups in total. The molecule has 59 heavy (non-hydrogen) atoms. The van der Waals surface area contributed by atoms with Gasteiger partial charge in [-0.1, -0.05) is 236 Å². The quantitative estimate of drug-likeness (QED) is 0.0323. The predicted molar refractivity (Wildman–Crippen MR) is 255 cm³/mol. The molecule has 0 fully saturated rings. The van der Waals surface area contributed by atoms with E-state index in [0.29, 0.717) is 19.3 Å². The Hall–Kier alpha value is -2.44. The van der Waals surface area contributed by atoms with E-state index in [1.54, 1.807) is 6.08 Å². The summed E-state index contributed by atoms with van der Waals surface area (Å²) in [6.07, 6.45) is 57.4. The summed E-state index contributed by atoms with van der Waals surface area (Å²) in [7, 11) is 0. The highest BCUT2D eigenvalue weighted by Crippen LogP contribution is 2.16. The molecule has 3 unspecified atom stereocenters. The first-order valence-electron chi connectivity index (χ1n) is 25.0. The van der Waals surface area contributed by atoms with E-state index < -0.39 is 18.2 Å². The zero-order chi connectivity index (χ0) is 43.1. The number of carbonyl (C=O) groups is 2. The molecule has 0 aromatic carbocycles. The van der Waals surface area contributed by atoms with E-state index >= 15 is 0 Å². The van der Waals surface area contributed by atoms with Crippen LogP contribution in [0, 0.1) is 0 Å². The molecule has 0 saturated carbocycles. The minimum absolute atomic E-state index is 0.0447. The highest BCUT2D eigenvalue weighted by Gasteiger charge is 2.23. The maximum absolute atomic E-state index is 13.1. The molecule has 0 radical (unpaired) electrons. The third-order valence-electron chi connectivity index (χ3n) is 11.1. The van der Waals surface area contributed by atoms with Crippen LogP contribution in [0.25, 0.3) is 0 Å². The SMILES string of the molecule is CC/C=C/C/C=C/C/C=C/C/C=C/C/C=C/C(CC(=O)NC(CO)C(O)CCCCCCCCCCCCCCCC)OC(=O)CCCCCCCCCCCCCC. The van der Waals surface area contributed by atoms with Crippen LogP contribution < -0.4 is 5.32 Å². The van der Waals surface area contributed by atoms with Crippen molar-refractivity contribution < 1.29 is 24.5 Å². The molecule has 342 valence electrons. The molecule has 0 aromatic rings. The van der Waals surface area contributed by atoms with E-state index in [1.807, 2.05) is 6.08 Å². The smallest absolute Gasteiger partial charge is 0.306 e. The van der Waals surface area contributed by atoms with Gasteiger partial charge in [-0.05, 0) is 51.0 Å². The lowest BCUT2D eigenvalue weighted by molar-refractivity contribution is -0.148. The number of nitrogens with one attached hydrogen (secondary N) is 1. The first-order chi connectivity index (χ1) is 29.0. The Morgan fingerprint density at radius 1 is 0.508 bits per heavy atom. The van der Waals surface area contributed by atoms with Gasteiger partial charge in [0.05, 0.1) is 25.2 Å². The maximum Gasteiger partial charge on any atom is 0.306 e. The summed E-state index contributed by atoms with van der Waals surface area (Å²) in [5.74, 6) is -0.625. The van der Waals surface area contributed by atoms with E-state index in [9.17, 15) is 19.8 Å². The van der Waals surface area contributed by atoms with Gasteiger partial charge in [0.15, 0.2) is 0 Å². The van der Waals surface area contributed by atoms with Gasteiger partial charge >= 0.3 is 5.97 Å². The molecule has 6 nitrogen and oxygen atoms in total. The first kappa shape index (κ1) is 56.6. The number of aliphatic hydroxyl groups is 2. The van der Waals surface area contributed by atoms with Crippen LogP contribution in [0.2, 0.25) is 0 Å². The standard InChI is InChI=1S/C53H95NO5/c1-4-7-10-13-16-19-22-25-27-29-32-35-38-41-44-49(59-53(58)46-43-40-37-34-31-24-21-18-15-12-9-6-3)47-52(57)54-50(48-55)51(56)45-42-39-36-33-30-28-26-23-20-17-14-11-8-5-2/h7,10,16,19,25,27,32,35,41,44,49-51,55-56H,4-6,8-9,11-15,17-18,20-24,26,28-31,33-34,36-40,42-43,45-48H2,1-3H3,(H,54,57)/b10-7+,19-16+,27-25+,35-32+,44-41+. The average molecular weight is 826 g/mol. The van der Waals surface area contributed by atoms with Crippen molar-refractivity contribution in [3.05, 3.63) is 60.8 Å². The summed E-state index contributed by atoms with van der Waals surface area (Å²) in [4.78, 5) is 26.0. The van der Waals surface area contributed by atoms with Gasteiger partial charge in [0.1, 0.15) is 6.10 Å². The maximum atomic E-state index is 13.1. The van der Waals surface area contributed by atoms with Gasteiger partial charge in [0.25, 0.3) is 0 Å². The second-order valence-corrected chi connectivity index (χ2v) is 16.8. The lowest BCUT2D eigenvalue weighted by Gasteiger charge is -2.23. The van der Waals surface area contributed by atoms with E-state index in [0.717, 1.165) is 64.2 Å². The highest BCUT2D eigenvalue weighted by molar-refractivity contribution is 5.78. The van der Waals surface area contributed by atoms with Crippen molar-refractivity contribution in [3.63, 3.8) is 0 Å². The van der Waals surface area contributed by atoms with E-state index in [1.165, 1.54) is 128 Å². The minimum Gasteiger partial charge on any atom is -0.458 e. The topological polar surface area (TPSA) is 95.9 Å². The fourth-order valence-corrected chi connectivity index (χ4v) is 7.33. The van der Waals surface area contributed by atoms with Crippen molar-refractivity contribution in [2.75, 3.05) is 6.61 Å². The first-order valence-corrected chi connectivity index (χ1v) is 25.0. The number of aliphatic hydroxyl groups excluding tert-OH is 2. The zero-order valence-corrected chi connectivity index (χ0v) is 38.9. The summed E-state index contributed by atoms with van der Waals surface area (Å²) < 4.78 is 5.81. The lowest BCUT2D eigenvalue weighted by atomic mass is 10.0. The Bertz CT molecular complexity index is 1060. The number of hydrogen-bond donors (Lipinski definition) is 3. The molecule has 0 spiro atoms. The monoisotopic (exact) mass is 826 g/mol. The van der Waals surface area contributed by atoms with Crippen LogP contribution in [-0.4, -0.2) is 46.9 Å². The van der Waals surface area contributed by atoms with Crippen LogP contribution in [0.1, 0.15) is 239 Å². The Labute approximate surface area is 365 Å². The van der Waals surface area contributed by atoms with Crippen LogP contribution in [0.15, 0.2) is 60.8 Å². The van der Waals surface area contributed by atoms with E-state index in [4.69, 9.17) is 4.74 Å². The van der Waals surface area contributed by atoms with Crippen LogP contribution in [-0.2, 0) is 14.3 Å². The zero-order valence-electron chi connectivity index (χ0n) is 38.9. The van der Waals surface area contributed by atoms with Crippen molar-refractivity contribution in [2.24, 2.45) is 0 Å². The number of hydrogen-bond acceptors (Lipinski definition) is 5. The summed E-state index contributed by atoms with van der Waals surface area (Å²) in [5.41, 5.74) is 0. The third kappa shape index (κ3) is 42.1. The second-order valence-electron chi connectivity index (χ2n) is 16.8. The molecular weight excluding hydrogens is 731 g/mol. The van der Waals surface area contributed by atoms with Crippen molar-refractivity contribution in [1.29, 1.82) is 0 Å². The Morgan fingerprint density at radius 3 is 1.29 bits per heavy atom. The van der Waals surface area contributed by atoms with Crippen LogP contribution >= 0.6 is 0 Å². The van der Waals surface area contributed by atoms with E-state index in [2.05, 4.69) is 74.7 Å². The van der Waals surface area contributed by atoms with Crippen molar-refractivity contribution in [2.45, 2.75) is 257 Å². The van der Waals surface area contributed by atoms with Crippen molar-refractivity contribution in [1.82, 2.24) is 5.32 Å². The molecular formula is C53H95NO5. The van der Waals surface area contributed by atoms with Gasteiger partial charge in [-0.2, -0.15) is 0 Å². The molecule has 0 aliphatic heterocycles. The Morgan fingerprint density at radius 2 is 0.881 bits per heavy atom. The molecule has 6 heteroatoms. The van der Waals surface area contributed by atoms with Gasteiger partial charge in [-0.3, -0.25) is 9.59 Å². The number of allylic oxidation sites excluding steroid dienone is 9. The van der Waals surface area contributed by atoms with Gasteiger partial charge < -0.3 is 20.3 Å². The summed E-state index contributed by atoms with van der Waals surface area (Å²) in [5, 5.41) is 23.7. The largest absolute Gasteiger partial charge is 0.458 e. The van der Waals surface area contributed by atoms with Crippen LogP contribution in [0.4, 0.5) is 0 Å². The van der Waals surface area contributed by atoms with Gasteiger partial charge in [-0.15, -0.1) is 0 Å². The second kappa shape index (κ2) is 46.6. The molecule has 0 saturated heterocycles. The summed E-state index contributed by atoms with van der Waals surface area (Å²) in [6.45, 7) is 6.33. The molecule has 0 bridgehead atoms. The average Bonchev–Trinajstić information content (AvgIpc) is 3.23. The summed E-state index contributed by atoms with van der Waals surface area (Å²) in [6, 6.07) is -0.741. The highest BCUT2D eigenvalue weighted by atomic mass is 16.5. The molecule has 0 rings (SSSR count). The number of amides is 1. The molecule has 0 aliphatic carbocycles. The van der Waals surface area contributed by atoms with Crippen LogP contribution in [0.5, 0.6) is 0 Å². The number of unbranched alkanes of at least 4 members (excludes halogenated alkanes) is 24. The summed E-state index contributed by atoms with van der Waals surface area (Å²) >= 11 is 0. The predicted octanol–water partition coefficient (Wildman–Crippen LogP) is 14.8. The molecule has 3 atom stereocenters. The van der Waals surface area contributed by atoms with Gasteiger partial charge in [-0.25, -0.2) is 0 Å². The third-order valence-corrected chi connectivity index (χ3v) is 11.1. The number of carbonyl (C=O) groups excluding carboxylic acids is 2. The van der Waals surface area contributed by atoms with E-state index in [-0.39, 0.29) is 24.9 Å². The fourth-order valence-electron chi connectivity index (χ4n) is 7.33. The molecule has 0 aliphatic rings. The molecule has 0 heterocycles. The normalized spacial score (nSPS) is 13.8. The molecule has 0 aromatic heterocycles. The Balaban J connectivity index is 4.71.